The van der Waals surface area contributed by atoms with Gasteiger partial charge >= 0.3 is 11.9 Å². The van der Waals surface area contributed by atoms with Crippen LogP contribution in [-0.2, 0) is 20.7 Å². The fourth-order valence-electron chi connectivity index (χ4n) is 5.24. The van der Waals surface area contributed by atoms with Crippen LogP contribution in [-0.4, -0.2) is 53.7 Å². The van der Waals surface area contributed by atoms with Crippen molar-refractivity contribution in [3.05, 3.63) is 81.9 Å². The second kappa shape index (κ2) is 12.9. The van der Waals surface area contributed by atoms with Gasteiger partial charge in [0.25, 0.3) is 5.78 Å². The van der Waals surface area contributed by atoms with Crippen molar-refractivity contribution in [3.63, 3.8) is 0 Å². The zero-order valence-corrected chi connectivity index (χ0v) is 25.9. The standard InChI is InChI=1S/C33H34N2O8S/c1-6-13-41-24-12-9-20(17-25(24)40-8-3)27-26(28(36)21-10-11-23-22(16-21)15-18(4)43-23)29(37)31(38)35(27)33-34-19(5)30(44-33)32(39)42-14-7-2/h7,9-12,16-18,27,36H,2,6,8,13-15H2,1,3-5H3/b28-26+. The summed E-state index contributed by atoms with van der Waals surface area (Å²) >= 11 is 0.931. The number of ketones is 1. The van der Waals surface area contributed by atoms with E-state index in [-0.39, 0.29) is 34.1 Å². The quantitative estimate of drug-likeness (QED) is 0.0915. The Morgan fingerprint density at radius 1 is 1.18 bits per heavy atom. The molecule has 230 valence electrons. The molecule has 2 unspecified atom stereocenters. The molecule has 1 fully saturated rings. The van der Waals surface area contributed by atoms with Gasteiger partial charge in [-0.1, -0.05) is 37.0 Å². The summed E-state index contributed by atoms with van der Waals surface area (Å²) in [4.78, 5) is 46.1. The van der Waals surface area contributed by atoms with Crippen LogP contribution in [0.1, 0.15) is 65.3 Å². The monoisotopic (exact) mass is 618 g/mol. The number of Topliss-reactive ketones (excluding diaryl/α,β-unsaturated/α-hetero) is 1. The summed E-state index contributed by atoms with van der Waals surface area (Å²) < 4.78 is 22.7. The van der Waals surface area contributed by atoms with Gasteiger partial charge in [-0.15, -0.1) is 0 Å². The number of rotatable bonds is 11. The first-order valence-corrected chi connectivity index (χ1v) is 15.3. The molecule has 44 heavy (non-hydrogen) atoms. The topological polar surface area (TPSA) is 124 Å². The molecule has 5 rings (SSSR count). The van der Waals surface area contributed by atoms with Gasteiger partial charge in [0.2, 0.25) is 0 Å². The van der Waals surface area contributed by atoms with Gasteiger partial charge in [0, 0.05) is 12.0 Å². The molecule has 0 spiro atoms. The number of thiazole rings is 1. The third-order valence-corrected chi connectivity index (χ3v) is 8.30. The molecule has 2 aliphatic rings. The highest BCUT2D eigenvalue weighted by atomic mass is 32.1. The Morgan fingerprint density at radius 2 is 1.98 bits per heavy atom. The Hall–Kier alpha value is -4.64. The zero-order chi connectivity index (χ0) is 31.5. The van der Waals surface area contributed by atoms with Crippen molar-refractivity contribution in [2.24, 2.45) is 0 Å². The van der Waals surface area contributed by atoms with E-state index in [2.05, 4.69) is 11.6 Å². The lowest BCUT2D eigenvalue weighted by Crippen LogP contribution is -2.29. The minimum absolute atomic E-state index is 0.00722. The van der Waals surface area contributed by atoms with E-state index in [0.717, 1.165) is 23.3 Å². The molecular weight excluding hydrogens is 584 g/mol. The summed E-state index contributed by atoms with van der Waals surface area (Å²) in [5.41, 5.74) is 1.98. The van der Waals surface area contributed by atoms with Crippen molar-refractivity contribution in [1.29, 1.82) is 0 Å². The fraction of sp³-hybridized carbons (Fsp3) is 0.333. The molecule has 1 aromatic heterocycles. The molecule has 0 radical (unpaired) electrons. The number of aliphatic hydroxyl groups excluding tert-OH is 1. The molecule has 1 amide bonds. The first-order chi connectivity index (χ1) is 21.2. The molecule has 1 N–H and O–H groups in total. The number of fused-ring (bicyclic) bond motifs is 1. The van der Waals surface area contributed by atoms with E-state index >= 15 is 0 Å². The fourth-order valence-corrected chi connectivity index (χ4v) is 6.23. The van der Waals surface area contributed by atoms with Gasteiger partial charge in [0.1, 0.15) is 29.1 Å². The lowest BCUT2D eigenvalue weighted by atomic mass is 9.94. The largest absolute Gasteiger partial charge is 0.507 e. The van der Waals surface area contributed by atoms with Crippen molar-refractivity contribution in [2.75, 3.05) is 24.7 Å². The van der Waals surface area contributed by atoms with Crippen LogP contribution in [0, 0.1) is 6.92 Å². The van der Waals surface area contributed by atoms with E-state index < -0.39 is 23.7 Å². The summed E-state index contributed by atoms with van der Waals surface area (Å²) in [5, 5.41) is 11.8. The lowest BCUT2D eigenvalue weighted by Gasteiger charge is -2.24. The van der Waals surface area contributed by atoms with Gasteiger partial charge in [-0.2, -0.15) is 0 Å². The number of aromatic nitrogens is 1. The van der Waals surface area contributed by atoms with E-state index in [1.54, 1.807) is 43.3 Å². The molecule has 0 bridgehead atoms. The maximum Gasteiger partial charge on any atom is 0.350 e. The first kappa shape index (κ1) is 30.8. The minimum atomic E-state index is -1.08. The van der Waals surface area contributed by atoms with E-state index in [1.807, 2.05) is 20.8 Å². The van der Waals surface area contributed by atoms with Gasteiger partial charge in [0.15, 0.2) is 16.6 Å². The second-order valence-corrected chi connectivity index (χ2v) is 11.4. The molecule has 1 saturated heterocycles. The number of benzene rings is 2. The van der Waals surface area contributed by atoms with Crippen LogP contribution < -0.4 is 19.1 Å². The van der Waals surface area contributed by atoms with Crippen molar-refractivity contribution < 1.29 is 38.4 Å². The first-order valence-electron chi connectivity index (χ1n) is 14.4. The Balaban J connectivity index is 1.67. The lowest BCUT2D eigenvalue weighted by molar-refractivity contribution is -0.132. The number of aryl methyl sites for hydroxylation is 1. The number of hydrogen-bond donors (Lipinski definition) is 1. The van der Waals surface area contributed by atoms with Gasteiger partial charge in [0.05, 0.1) is 30.5 Å². The van der Waals surface area contributed by atoms with Crippen LogP contribution in [0.15, 0.2) is 54.6 Å². The van der Waals surface area contributed by atoms with Crippen molar-refractivity contribution in [1.82, 2.24) is 4.98 Å². The van der Waals surface area contributed by atoms with Crippen LogP contribution in [0.5, 0.6) is 17.2 Å². The third kappa shape index (κ3) is 5.79. The molecule has 2 aromatic carbocycles. The second-order valence-electron chi connectivity index (χ2n) is 10.4. The van der Waals surface area contributed by atoms with E-state index in [0.29, 0.717) is 53.7 Å². The highest BCUT2D eigenvalue weighted by molar-refractivity contribution is 7.17. The number of amides is 1. The van der Waals surface area contributed by atoms with Crippen molar-refractivity contribution in [3.8, 4) is 17.2 Å². The Kier molecular flexibility index (Phi) is 9.05. The normalized spacial score (nSPS) is 18.6. The summed E-state index contributed by atoms with van der Waals surface area (Å²) in [6, 6.07) is 9.23. The van der Waals surface area contributed by atoms with Crippen molar-refractivity contribution >= 4 is 39.9 Å². The maximum atomic E-state index is 13.7. The van der Waals surface area contributed by atoms with Gasteiger partial charge in [-0.25, -0.2) is 9.78 Å². The van der Waals surface area contributed by atoms with Crippen LogP contribution in [0.3, 0.4) is 0 Å². The number of hydrogen-bond acceptors (Lipinski definition) is 10. The van der Waals surface area contributed by atoms with Gasteiger partial charge in [-0.3, -0.25) is 14.5 Å². The summed E-state index contributed by atoms with van der Waals surface area (Å²) in [6.07, 6.45) is 2.87. The van der Waals surface area contributed by atoms with Crippen LogP contribution >= 0.6 is 11.3 Å². The number of esters is 1. The molecule has 11 heteroatoms. The number of aliphatic hydroxyl groups is 1. The number of carbonyl (C=O) groups excluding carboxylic acids is 3. The molecule has 3 aromatic rings. The molecular formula is C33H34N2O8S. The number of nitrogens with zero attached hydrogens (tertiary/aromatic N) is 2. The molecule has 2 aliphatic heterocycles. The van der Waals surface area contributed by atoms with E-state index in [4.69, 9.17) is 18.9 Å². The predicted octanol–water partition coefficient (Wildman–Crippen LogP) is 5.93. The van der Waals surface area contributed by atoms with Crippen LogP contribution in [0.2, 0.25) is 0 Å². The molecule has 2 atom stereocenters. The van der Waals surface area contributed by atoms with E-state index in [1.165, 1.54) is 11.0 Å². The third-order valence-electron chi connectivity index (χ3n) is 7.17. The number of anilines is 1. The zero-order valence-electron chi connectivity index (χ0n) is 25.0. The predicted molar refractivity (Wildman–Crippen MR) is 166 cm³/mol. The van der Waals surface area contributed by atoms with Crippen LogP contribution in [0.4, 0.5) is 5.13 Å². The van der Waals surface area contributed by atoms with E-state index in [9.17, 15) is 19.5 Å². The highest BCUT2D eigenvalue weighted by Crippen LogP contribution is 2.46. The molecule has 3 heterocycles. The number of ether oxygens (including phenoxy) is 4. The average Bonchev–Trinajstić information content (AvgIpc) is 3.66. The molecule has 0 saturated carbocycles. The van der Waals surface area contributed by atoms with Crippen LogP contribution in [0.25, 0.3) is 5.76 Å². The Labute approximate surface area is 259 Å². The average molecular weight is 619 g/mol. The van der Waals surface area contributed by atoms with Crippen molar-refractivity contribution in [2.45, 2.75) is 52.7 Å². The Bertz CT molecular complexity index is 1660. The summed E-state index contributed by atoms with van der Waals surface area (Å²) in [6.45, 7) is 11.8. The summed E-state index contributed by atoms with van der Waals surface area (Å²) in [5.74, 6) is -1.07. The number of carbonyl (C=O) groups is 3. The smallest absolute Gasteiger partial charge is 0.350 e. The Morgan fingerprint density at radius 3 is 2.70 bits per heavy atom. The molecule has 10 nitrogen and oxygen atoms in total. The van der Waals surface area contributed by atoms with Gasteiger partial charge < -0.3 is 24.1 Å². The minimum Gasteiger partial charge on any atom is -0.507 e. The van der Waals surface area contributed by atoms with Gasteiger partial charge in [-0.05, 0) is 68.7 Å². The highest BCUT2D eigenvalue weighted by Gasteiger charge is 2.49. The maximum absolute atomic E-state index is 13.7. The SMILES string of the molecule is C=CCOC(=O)c1sc(N2C(=O)C(=O)/C(=C(/O)c3ccc4c(c3)CC(C)O4)C2c2ccc(OCCC)c(OCC)c2)nc1C. The molecule has 0 aliphatic carbocycles. The summed E-state index contributed by atoms with van der Waals surface area (Å²) in [7, 11) is 0.